The number of benzene rings is 2. The summed E-state index contributed by atoms with van der Waals surface area (Å²) in [6.07, 6.45) is 7.35. The van der Waals surface area contributed by atoms with Gasteiger partial charge in [0.05, 0.1) is 0 Å². The van der Waals surface area contributed by atoms with Crippen LogP contribution in [-0.4, -0.2) is 30.3 Å². The third kappa shape index (κ3) is 3.37. The van der Waals surface area contributed by atoms with Crippen LogP contribution in [0.4, 0.5) is 5.69 Å². The Hall–Kier alpha value is -2.55. The zero-order valence-electron chi connectivity index (χ0n) is 17.4. The molecule has 3 nitrogen and oxygen atoms in total. The first-order valence-electron chi connectivity index (χ1n) is 10.9. The van der Waals surface area contributed by atoms with Gasteiger partial charge in [-0.2, -0.15) is 0 Å². The van der Waals surface area contributed by atoms with Crippen LogP contribution in [0.5, 0.6) is 0 Å². The van der Waals surface area contributed by atoms with E-state index in [1.54, 1.807) is 0 Å². The fourth-order valence-electron chi connectivity index (χ4n) is 5.70. The standard InChI is InChI=1S/C26H30N2O/c1-19(28-18-26(2)12-3-4-24(28)15-26)22-9-10-25-23(14-22)11-13-27(25)16-20-5-7-21(17-29)8-6-20/h5-10,14,17,24H,1,3-4,11-13,15-16,18H2,2H3. The van der Waals surface area contributed by atoms with Crippen molar-refractivity contribution in [3.63, 3.8) is 0 Å². The maximum Gasteiger partial charge on any atom is 0.150 e. The van der Waals surface area contributed by atoms with Gasteiger partial charge in [0.15, 0.2) is 0 Å². The maximum atomic E-state index is 10.9. The van der Waals surface area contributed by atoms with Crippen molar-refractivity contribution in [2.75, 3.05) is 18.0 Å². The summed E-state index contributed by atoms with van der Waals surface area (Å²) >= 11 is 0. The summed E-state index contributed by atoms with van der Waals surface area (Å²) in [5.41, 5.74) is 7.74. The van der Waals surface area contributed by atoms with E-state index in [9.17, 15) is 4.79 Å². The summed E-state index contributed by atoms with van der Waals surface area (Å²) < 4.78 is 0. The molecule has 0 amide bonds. The first kappa shape index (κ1) is 18.5. The Morgan fingerprint density at radius 3 is 2.83 bits per heavy atom. The third-order valence-corrected chi connectivity index (χ3v) is 7.28. The topological polar surface area (TPSA) is 23.6 Å². The molecule has 1 saturated heterocycles. The number of anilines is 1. The number of hydrogen-bond acceptors (Lipinski definition) is 3. The van der Waals surface area contributed by atoms with Crippen molar-refractivity contribution < 1.29 is 4.79 Å². The third-order valence-electron chi connectivity index (χ3n) is 7.28. The van der Waals surface area contributed by atoms with Gasteiger partial charge in [-0.3, -0.25) is 4.79 Å². The fourth-order valence-corrected chi connectivity index (χ4v) is 5.70. The van der Waals surface area contributed by atoms with Crippen molar-refractivity contribution in [1.82, 2.24) is 4.90 Å². The van der Waals surface area contributed by atoms with E-state index in [1.165, 1.54) is 53.8 Å². The molecule has 2 aromatic carbocycles. The molecule has 0 N–H and O–H groups in total. The molecular formula is C26H30N2O. The molecule has 2 bridgehead atoms. The fraction of sp³-hybridized carbons (Fsp3) is 0.423. The lowest BCUT2D eigenvalue weighted by Crippen LogP contribution is -2.27. The molecule has 2 unspecified atom stereocenters. The van der Waals surface area contributed by atoms with E-state index in [2.05, 4.69) is 53.6 Å². The van der Waals surface area contributed by atoms with Crippen molar-refractivity contribution >= 4 is 17.7 Å². The lowest BCUT2D eigenvalue weighted by atomic mass is 9.78. The zero-order valence-corrected chi connectivity index (χ0v) is 17.4. The Kier molecular flexibility index (Phi) is 4.49. The van der Waals surface area contributed by atoms with Crippen molar-refractivity contribution in [1.29, 1.82) is 0 Å². The van der Waals surface area contributed by atoms with Gasteiger partial charge in [0, 0.05) is 42.6 Å². The van der Waals surface area contributed by atoms with Gasteiger partial charge in [0.1, 0.15) is 6.29 Å². The summed E-state index contributed by atoms with van der Waals surface area (Å²) in [5, 5.41) is 0. The Bertz CT molecular complexity index is 948. The van der Waals surface area contributed by atoms with Crippen LogP contribution in [-0.2, 0) is 13.0 Å². The Morgan fingerprint density at radius 2 is 2.07 bits per heavy atom. The number of carbonyl (C=O) groups is 1. The highest BCUT2D eigenvalue weighted by atomic mass is 16.1. The van der Waals surface area contributed by atoms with Crippen LogP contribution >= 0.6 is 0 Å². The highest BCUT2D eigenvalue weighted by Crippen LogP contribution is 2.47. The van der Waals surface area contributed by atoms with E-state index < -0.39 is 0 Å². The number of likely N-dealkylation sites (tertiary alicyclic amines) is 1. The smallest absolute Gasteiger partial charge is 0.150 e. The molecule has 2 aliphatic heterocycles. The molecule has 2 aromatic rings. The van der Waals surface area contributed by atoms with Crippen molar-refractivity contribution in [2.45, 2.75) is 51.6 Å². The number of aldehydes is 1. The van der Waals surface area contributed by atoms with Gasteiger partial charge in [0.25, 0.3) is 0 Å². The quantitative estimate of drug-likeness (QED) is 0.652. The summed E-state index contributed by atoms with van der Waals surface area (Å²) in [7, 11) is 0. The molecule has 1 saturated carbocycles. The van der Waals surface area contributed by atoms with Crippen LogP contribution in [0, 0.1) is 5.41 Å². The molecule has 29 heavy (non-hydrogen) atoms. The number of hydrogen-bond donors (Lipinski definition) is 0. The Labute approximate surface area is 174 Å². The molecule has 0 aromatic heterocycles. The van der Waals surface area contributed by atoms with Gasteiger partial charge in [-0.05, 0) is 59.9 Å². The largest absolute Gasteiger partial charge is 0.368 e. The minimum absolute atomic E-state index is 0.485. The van der Waals surface area contributed by atoms with E-state index >= 15 is 0 Å². The molecule has 1 aliphatic carbocycles. The summed E-state index contributed by atoms with van der Waals surface area (Å²) in [6.45, 7) is 10.1. The molecular weight excluding hydrogens is 356 g/mol. The van der Waals surface area contributed by atoms with E-state index in [0.717, 1.165) is 37.9 Å². The van der Waals surface area contributed by atoms with Crippen LogP contribution in [0.2, 0.25) is 0 Å². The van der Waals surface area contributed by atoms with E-state index in [-0.39, 0.29) is 0 Å². The van der Waals surface area contributed by atoms with Crippen LogP contribution < -0.4 is 4.90 Å². The van der Waals surface area contributed by atoms with Gasteiger partial charge in [0.2, 0.25) is 0 Å². The summed E-state index contributed by atoms with van der Waals surface area (Å²) in [4.78, 5) is 15.9. The molecule has 3 heteroatoms. The van der Waals surface area contributed by atoms with Crippen LogP contribution in [0.3, 0.4) is 0 Å². The van der Waals surface area contributed by atoms with Gasteiger partial charge < -0.3 is 9.80 Å². The summed E-state index contributed by atoms with van der Waals surface area (Å²) in [5.74, 6) is 0. The summed E-state index contributed by atoms with van der Waals surface area (Å²) in [6, 6.07) is 15.5. The second kappa shape index (κ2) is 7.05. The first-order valence-corrected chi connectivity index (χ1v) is 10.9. The second-order valence-electron chi connectivity index (χ2n) is 9.51. The first-order chi connectivity index (χ1) is 14.0. The van der Waals surface area contributed by atoms with Gasteiger partial charge in [-0.15, -0.1) is 0 Å². The molecule has 150 valence electrons. The highest BCUT2D eigenvalue weighted by Gasteiger charge is 2.43. The Balaban J connectivity index is 1.33. The average molecular weight is 387 g/mol. The molecule has 2 atom stereocenters. The highest BCUT2D eigenvalue weighted by molar-refractivity contribution is 5.74. The number of nitrogens with zero attached hydrogens (tertiary/aromatic N) is 2. The molecule has 5 rings (SSSR count). The van der Waals surface area contributed by atoms with Gasteiger partial charge in [-0.1, -0.05) is 50.3 Å². The number of fused-ring (bicyclic) bond motifs is 3. The maximum absolute atomic E-state index is 10.9. The monoisotopic (exact) mass is 386 g/mol. The second-order valence-corrected chi connectivity index (χ2v) is 9.51. The molecule has 0 radical (unpaired) electrons. The van der Waals surface area contributed by atoms with Crippen molar-refractivity contribution in [3.8, 4) is 0 Å². The number of carbonyl (C=O) groups excluding carboxylic acids is 1. The average Bonchev–Trinajstić information content (AvgIpc) is 3.24. The predicted molar refractivity (Wildman–Crippen MR) is 119 cm³/mol. The molecule has 3 aliphatic rings. The van der Waals surface area contributed by atoms with Crippen molar-refractivity contribution in [2.24, 2.45) is 5.41 Å². The molecule has 2 heterocycles. The van der Waals surface area contributed by atoms with Crippen molar-refractivity contribution in [3.05, 3.63) is 71.3 Å². The Morgan fingerprint density at radius 1 is 1.24 bits per heavy atom. The van der Waals surface area contributed by atoms with E-state index in [0.29, 0.717) is 11.5 Å². The molecule has 0 spiro atoms. The zero-order chi connectivity index (χ0) is 20.0. The normalized spacial score (nSPS) is 25.2. The van der Waals surface area contributed by atoms with Crippen LogP contribution in [0.1, 0.15) is 59.7 Å². The van der Waals surface area contributed by atoms with E-state index in [1.807, 2.05) is 12.1 Å². The minimum Gasteiger partial charge on any atom is -0.368 e. The van der Waals surface area contributed by atoms with Gasteiger partial charge in [-0.25, -0.2) is 0 Å². The predicted octanol–water partition coefficient (Wildman–Crippen LogP) is 5.30. The lowest BCUT2D eigenvalue weighted by Gasteiger charge is -2.29. The van der Waals surface area contributed by atoms with Gasteiger partial charge >= 0.3 is 0 Å². The van der Waals surface area contributed by atoms with Crippen LogP contribution in [0.25, 0.3) is 5.70 Å². The van der Waals surface area contributed by atoms with E-state index in [4.69, 9.17) is 0 Å². The lowest BCUT2D eigenvalue weighted by molar-refractivity contribution is 0.112. The number of rotatable bonds is 5. The molecule has 2 fully saturated rings. The minimum atomic E-state index is 0.485. The van der Waals surface area contributed by atoms with Crippen LogP contribution in [0.15, 0.2) is 49.0 Å². The SMILES string of the molecule is C=C(c1ccc2c(c1)CCN2Cc1ccc(C=O)cc1)N1CC2(C)CCCC1C2.